The summed E-state index contributed by atoms with van der Waals surface area (Å²) >= 11 is 0. The van der Waals surface area contributed by atoms with Crippen molar-refractivity contribution in [2.75, 3.05) is 46.9 Å². The summed E-state index contributed by atoms with van der Waals surface area (Å²) in [4.78, 5) is 31.2. The van der Waals surface area contributed by atoms with Crippen LogP contribution in [-0.4, -0.2) is 79.4 Å². The number of hydrogen-bond donors (Lipinski definition) is 0. The third-order valence-corrected chi connectivity index (χ3v) is 5.02. The second-order valence-corrected chi connectivity index (χ2v) is 6.46. The molecule has 2 aliphatic heterocycles. The van der Waals surface area contributed by atoms with Gasteiger partial charge in [0.05, 0.1) is 18.7 Å². The van der Waals surface area contributed by atoms with Gasteiger partial charge >= 0.3 is 0 Å². The molecule has 1 unspecified atom stereocenters. The molecule has 1 aromatic carbocycles. The zero-order chi connectivity index (χ0) is 17.1. The molecule has 2 aliphatic rings. The number of likely N-dealkylation sites (tertiary alicyclic amines) is 1. The number of carbonyl (C=O) groups excluding carboxylic acids is 2. The number of nitrogens with zero attached hydrogens (tertiary/aromatic N) is 3. The van der Waals surface area contributed by atoms with Crippen molar-refractivity contribution in [1.29, 1.82) is 0 Å². The number of hydrogen-bond acceptors (Lipinski definition) is 4. The highest BCUT2D eigenvalue weighted by Gasteiger charge is 2.33. The fraction of sp³-hybridized carbons (Fsp3) is 0.556. The Hall–Kier alpha value is -2.08. The van der Waals surface area contributed by atoms with Crippen LogP contribution < -0.4 is 4.74 Å². The molecule has 0 saturated carbocycles. The van der Waals surface area contributed by atoms with E-state index in [1.807, 2.05) is 24.1 Å². The summed E-state index contributed by atoms with van der Waals surface area (Å²) in [5, 5.41) is 0. The first kappa shape index (κ1) is 16.8. The highest BCUT2D eigenvalue weighted by molar-refractivity contribution is 5.97. The van der Waals surface area contributed by atoms with Gasteiger partial charge in [-0.25, -0.2) is 0 Å². The molecule has 0 aliphatic carbocycles. The van der Waals surface area contributed by atoms with Gasteiger partial charge < -0.3 is 14.5 Å². The molecule has 3 rings (SSSR count). The van der Waals surface area contributed by atoms with E-state index in [0.29, 0.717) is 37.5 Å². The molecular formula is C18H25N3O3. The van der Waals surface area contributed by atoms with Crippen molar-refractivity contribution >= 4 is 11.8 Å². The van der Waals surface area contributed by atoms with E-state index in [1.54, 1.807) is 24.1 Å². The lowest BCUT2D eigenvalue weighted by atomic mass is 10.1. The Labute approximate surface area is 143 Å². The quantitative estimate of drug-likeness (QED) is 0.831. The molecule has 0 bridgehead atoms. The zero-order valence-electron chi connectivity index (χ0n) is 14.4. The number of rotatable bonds is 3. The summed E-state index contributed by atoms with van der Waals surface area (Å²) in [5.41, 5.74) is 0.579. The van der Waals surface area contributed by atoms with Gasteiger partial charge in [0.15, 0.2) is 0 Å². The second kappa shape index (κ2) is 7.21. The average Bonchev–Trinajstić information content (AvgIpc) is 3.06. The smallest absolute Gasteiger partial charge is 0.257 e. The van der Waals surface area contributed by atoms with Crippen LogP contribution in [0.1, 0.15) is 23.2 Å². The largest absolute Gasteiger partial charge is 0.496 e. The maximum atomic E-state index is 12.7. The van der Waals surface area contributed by atoms with Crippen LogP contribution in [0, 0.1) is 0 Å². The van der Waals surface area contributed by atoms with Crippen LogP contribution in [-0.2, 0) is 4.79 Å². The summed E-state index contributed by atoms with van der Waals surface area (Å²) in [6.45, 7) is 3.33. The first-order valence-corrected chi connectivity index (χ1v) is 8.53. The Kier molecular flexibility index (Phi) is 5.04. The Balaban J connectivity index is 1.60. The van der Waals surface area contributed by atoms with Crippen LogP contribution in [0.15, 0.2) is 24.3 Å². The number of benzene rings is 1. The van der Waals surface area contributed by atoms with Crippen LogP contribution in [0.3, 0.4) is 0 Å². The first-order valence-electron chi connectivity index (χ1n) is 8.53. The Morgan fingerprint density at radius 1 is 1.04 bits per heavy atom. The Morgan fingerprint density at radius 2 is 1.71 bits per heavy atom. The summed E-state index contributed by atoms with van der Waals surface area (Å²) in [5.74, 6) is 0.769. The number of para-hydroxylation sites is 1. The van der Waals surface area contributed by atoms with Crippen molar-refractivity contribution in [2.45, 2.75) is 18.9 Å². The molecule has 1 atom stereocenters. The van der Waals surface area contributed by atoms with E-state index in [9.17, 15) is 9.59 Å². The molecular weight excluding hydrogens is 306 g/mol. The van der Waals surface area contributed by atoms with Crippen molar-refractivity contribution < 1.29 is 14.3 Å². The predicted octanol–water partition coefficient (Wildman–Crippen LogP) is 1.07. The van der Waals surface area contributed by atoms with Crippen molar-refractivity contribution in [3.63, 3.8) is 0 Å². The highest BCUT2D eigenvalue weighted by atomic mass is 16.5. The number of ether oxygens (including phenoxy) is 1. The summed E-state index contributed by atoms with van der Waals surface area (Å²) in [7, 11) is 3.58. The summed E-state index contributed by atoms with van der Waals surface area (Å²) < 4.78 is 5.28. The van der Waals surface area contributed by atoms with Crippen LogP contribution in [0.5, 0.6) is 5.75 Å². The van der Waals surface area contributed by atoms with Gasteiger partial charge in [-0.1, -0.05) is 12.1 Å². The monoisotopic (exact) mass is 331 g/mol. The van der Waals surface area contributed by atoms with Gasteiger partial charge in [-0.3, -0.25) is 14.5 Å². The molecule has 0 N–H and O–H groups in total. The van der Waals surface area contributed by atoms with E-state index >= 15 is 0 Å². The molecule has 6 heteroatoms. The number of likely N-dealkylation sites (N-methyl/N-ethyl adjacent to an activating group) is 1. The zero-order valence-corrected chi connectivity index (χ0v) is 14.4. The highest BCUT2D eigenvalue weighted by Crippen LogP contribution is 2.21. The van der Waals surface area contributed by atoms with E-state index in [2.05, 4.69) is 4.90 Å². The van der Waals surface area contributed by atoms with Gasteiger partial charge in [-0.2, -0.15) is 0 Å². The van der Waals surface area contributed by atoms with E-state index in [1.165, 1.54) is 0 Å². The molecule has 0 spiro atoms. The molecule has 2 heterocycles. The molecule has 1 aromatic rings. The summed E-state index contributed by atoms with van der Waals surface area (Å²) in [6, 6.07) is 7.28. The maximum absolute atomic E-state index is 12.7. The first-order chi connectivity index (χ1) is 11.6. The molecule has 2 saturated heterocycles. The third-order valence-electron chi connectivity index (χ3n) is 5.02. The molecule has 0 radical (unpaired) electrons. The lowest BCUT2D eigenvalue weighted by Crippen LogP contribution is -2.54. The molecule has 2 amide bonds. The van der Waals surface area contributed by atoms with Gasteiger partial charge in [0, 0.05) is 26.2 Å². The predicted molar refractivity (Wildman–Crippen MR) is 91.1 cm³/mol. The normalized spacial score (nSPS) is 21.8. The van der Waals surface area contributed by atoms with Crippen molar-refractivity contribution in [3.8, 4) is 5.75 Å². The molecule has 2 fully saturated rings. The minimum absolute atomic E-state index is 0.0152. The molecule has 0 aromatic heterocycles. The molecule has 6 nitrogen and oxygen atoms in total. The summed E-state index contributed by atoms with van der Waals surface area (Å²) in [6.07, 6.45) is 2.02. The van der Waals surface area contributed by atoms with Crippen LogP contribution >= 0.6 is 0 Å². The van der Waals surface area contributed by atoms with Gasteiger partial charge in [0.25, 0.3) is 5.91 Å². The van der Waals surface area contributed by atoms with Crippen molar-refractivity contribution in [2.24, 2.45) is 0 Å². The van der Waals surface area contributed by atoms with Crippen LogP contribution in [0.4, 0.5) is 0 Å². The third kappa shape index (κ3) is 3.24. The lowest BCUT2D eigenvalue weighted by Gasteiger charge is -2.37. The van der Waals surface area contributed by atoms with Gasteiger partial charge in [0.2, 0.25) is 5.91 Å². The minimum Gasteiger partial charge on any atom is -0.496 e. The number of amides is 2. The molecule has 24 heavy (non-hydrogen) atoms. The Bertz CT molecular complexity index is 611. The average molecular weight is 331 g/mol. The SMILES string of the molecule is COc1ccccc1C(=O)N1CCN(C(=O)C2CCCN2C)CC1. The second-order valence-electron chi connectivity index (χ2n) is 6.46. The number of methoxy groups -OCH3 is 1. The van der Waals surface area contributed by atoms with Crippen LogP contribution in [0.2, 0.25) is 0 Å². The van der Waals surface area contributed by atoms with E-state index < -0.39 is 0 Å². The topological polar surface area (TPSA) is 53.1 Å². The van der Waals surface area contributed by atoms with Gasteiger partial charge in [-0.15, -0.1) is 0 Å². The van der Waals surface area contributed by atoms with E-state index in [4.69, 9.17) is 4.74 Å². The Morgan fingerprint density at radius 3 is 2.33 bits per heavy atom. The van der Waals surface area contributed by atoms with Gasteiger partial charge in [-0.05, 0) is 38.6 Å². The van der Waals surface area contributed by atoms with E-state index in [-0.39, 0.29) is 17.9 Å². The maximum Gasteiger partial charge on any atom is 0.257 e. The van der Waals surface area contributed by atoms with E-state index in [0.717, 1.165) is 19.4 Å². The minimum atomic E-state index is -0.0301. The fourth-order valence-electron chi connectivity index (χ4n) is 3.55. The number of piperazine rings is 1. The molecule has 130 valence electrons. The fourth-order valence-corrected chi connectivity index (χ4v) is 3.55. The van der Waals surface area contributed by atoms with Gasteiger partial charge in [0.1, 0.15) is 5.75 Å². The number of carbonyl (C=O) groups is 2. The van der Waals surface area contributed by atoms with Crippen molar-refractivity contribution in [1.82, 2.24) is 14.7 Å². The van der Waals surface area contributed by atoms with Crippen molar-refractivity contribution in [3.05, 3.63) is 29.8 Å². The lowest BCUT2D eigenvalue weighted by molar-refractivity contribution is -0.137. The van der Waals surface area contributed by atoms with Crippen LogP contribution in [0.25, 0.3) is 0 Å². The standard InChI is InChI=1S/C18H25N3O3/c1-19-9-5-7-15(19)18(23)21-12-10-20(11-13-21)17(22)14-6-3-4-8-16(14)24-2/h3-4,6,8,15H,5,7,9-13H2,1-2H3.